The van der Waals surface area contributed by atoms with E-state index >= 15 is 0 Å². The lowest BCUT2D eigenvalue weighted by atomic mass is 9.97. The van der Waals surface area contributed by atoms with Gasteiger partial charge in [-0.05, 0) is 86.0 Å². The van der Waals surface area contributed by atoms with E-state index in [0.29, 0.717) is 33.1 Å². The van der Waals surface area contributed by atoms with E-state index in [9.17, 15) is 9.18 Å². The minimum absolute atomic E-state index is 0.147. The standard InChI is InChI=1S/C24H18BrFO2S/c1-13-4-9-19-20(10-13)29-24(23(19)28-18-7-5-16(25)6-8-18)22(27)21-14(2)11-17(26)12-15(21)3/h4-12H,1-3H3. The van der Waals surface area contributed by atoms with E-state index in [1.165, 1.54) is 23.5 Å². The van der Waals surface area contributed by atoms with Crippen molar-refractivity contribution in [3.05, 3.63) is 92.0 Å². The van der Waals surface area contributed by atoms with E-state index in [1.807, 2.05) is 43.3 Å². The quantitative estimate of drug-likeness (QED) is 0.286. The third-order valence-electron chi connectivity index (χ3n) is 4.76. The van der Waals surface area contributed by atoms with Gasteiger partial charge in [0.1, 0.15) is 16.4 Å². The molecule has 0 aliphatic heterocycles. The molecule has 29 heavy (non-hydrogen) atoms. The Morgan fingerprint density at radius 3 is 2.28 bits per heavy atom. The van der Waals surface area contributed by atoms with Crippen LogP contribution in [0.25, 0.3) is 10.1 Å². The highest BCUT2D eigenvalue weighted by Gasteiger charge is 2.24. The molecular weight excluding hydrogens is 451 g/mol. The van der Waals surface area contributed by atoms with Crippen molar-refractivity contribution in [2.45, 2.75) is 20.8 Å². The molecule has 0 spiro atoms. The number of fused-ring (bicyclic) bond motifs is 1. The lowest BCUT2D eigenvalue weighted by Gasteiger charge is -2.11. The summed E-state index contributed by atoms with van der Waals surface area (Å²) in [7, 11) is 0. The average Bonchev–Trinajstić information content (AvgIpc) is 3.00. The maximum Gasteiger partial charge on any atom is 0.207 e. The lowest BCUT2D eigenvalue weighted by molar-refractivity contribution is 0.103. The molecule has 4 aromatic rings. The Hall–Kier alpha value is -2.50. The summed E-state index contributed by atoms with van der Waals surface area (Å²) in [6.45, 7) is 5.54. The van der Waals surface area contributed by atoms with E-state index in [4.69, 9.17) is 4.74 Å². The minimum atomic E-state index is -0.338. The number of carbonyl (C=O) groups excluding carboxylic acids is 1. The maximum absolute atomic E-state index is 13.7. The van der Waals surface area contributed by atoms with Crippen LogP contribution in [0, 0.1) is 26.6 Å². The zero-order valence-corrected chi connectivity index (χ0v) is 18.6. The van der Waals surface area contributed by atoms with Crippen molar-refractivity contribution < 1.29 is 13.9 Å². The van der Waals surface area contributed by atoms with Gasteiger partial charge < -0.3 is 4.74 Å². The number of halogens is 2. The summed E-state index contributed by atoms with van der Waals surface area (Å²) in [6.07, 6.45) is 0. The van der Waals surface area contributed by atoms with Crippen molar-refractivity contribution in [1.82, 2.24) is 0 Å². The molecule has 0 N–H and O–H groups in total. The third-order valence-corrected chi connectivity index (χ3v) is 6.43. The fraction of sp³-hybridized carbons (Fsp3) is 0.125. The molecule has 1 aromatic heterocycles. The molecule has 0 unspecified atom stereocenters. The van der Waals surface area contributed by atoms with E-state index in [-0.39, 0.29) is 11.6 Å². The summed E-state index contributed by atoms with van der Waals surface area (Å²) in [5.74, 6) is 0.705. The zero-order valence-electron chi connectivity index (χ0n) is 16.2. The van der Waals surface area contributed by atoms with Crippen LogP contribution in [0.4, 0.5) is 4.39 Å². The number of benzene rings is 3. The van der Waals surface area contributed by atoms with Crippen LogP contribution in [0.2, 0.25) is 0 Å². The second-order valence-corrected chi connectivity index (χ2v) is 9.03. The van der Waals surface area contributed by atoms with Crippen LogP contribution in [0.3, 0.4) is 0 Å². The number of hydrogen-bond donors (Lipinski definition) is 0. The van der Waals surface area contributed by atoms with Crippen molar-refractivity contribution in [2.75, 3.05) is 0 Å². The van der Waals surface area contributed by atoms with Gasteiger partial charge in [0.25, 0.3) is 0 Å². The molecule has 4 rings (SSSR count). The van der Waals surface area contributed by atoms with E-state index in [0.717, 1.165) is 20.1 Å². The van der Waals surface area contributed by atoms with Gasteiger partial charge in [0.2, 0.25) is 5.78 Å². The molecule has 0 atom stereocenters. The van der Waals surface area contributed by atoms with Crippen LogP contribution in [0.1, 0.15) is 31.9 Å². The fourth-order valence-electron chi connectivity index (χ4n) is 3.43. The molecule has 0 fully saturated rings. The van der Waals surface area contributed by atoms with Gasteiger partial charge in [0, 0.05) is 20.1 Å². The Labute approximate surface area is 181 Å². The number of aryl methyl sites for hydroxylation is 3. The molecule has 5 heteroatoms. The summed E-state index contributed by atoms with van der Waals surface area (Å²) >= 11 is 4.83. The molecule has 146 valence electrons. The van der Waals surface area contributed by atoms with Crippen molar-refractivity contribution in [2.24, 2.45) is 0 Å². The average molecular weight is 469 g/mol. The largest absolute Gasteiger partial charge is 0.455 e. The van der Waals surface area contributed by atoms with Crippen LogP contribution in [0.5, 0.6) is 11.5 Å². The van der Waals surface area contributed by atoms with Crippen LogP contribution in [-0.2, 0) is 0 Å². The SMILES string of the molecule is Cc1ccc2c(Oc3ccc(Br)cc3)c(C(=O)c3c(C)cc(F)cc3C)sc2c1. The Balaban J connectivity index is 1.89. The van der Waals surface area contributed by atoms with Gasteiger partial charge in [0.05, 0.1) is 0 Å². The van der Waals surface area contributed by atoms with E-state index in [1.54, 1.807) is 13.8 Å². The monoisotopic (exact) mass is 468 g/mol. The predicted molar refractivity (Wildman–Crippen MR) is 120 cm³/mol. The maximum atomic E-state index is 13.7. The van der Waals surface area contributed by atoms with Crippen molar-refractivity contribution in [3.63, 3.8) is 0 Å². The first kappa shape index (κ1) is 19.8. The fourth-order valence-corrected chi connectivity index (χ4v) is 4.87. The number of ketones is 1. The number of hydrogen-bond acceptors (Lipinski definition) is 3. The molecule has 0 bridgehead atoms. The summed E-state index contributed by atoms with van der Waals surface area (Å²) in [5, 5.41) is 0.893. The molecule has 0 aliphatic carbocycles. The molecule has 0 radical (unpaired) electrons. The molecule has 0 saturated carbocycles. The van der Waals surface area contributed by atoms with Gasteiger partial charge in [-0.1, -0.05) is 22.0 Å². The minimum Gasteiger partial charge on any atom is -0.455 e. The topological polar surface area (TPSA) is 26.3 Å². The third kappa shape index (κ3) is 3.85. The van der Waals surface area contributed by atoms with Gasteiger partial charge in [-0.3, -0.25) is 4.79 Å². The van der Waals surface area contributed by atoms with Crippen molar-refractivity contribution in [3.8, 4) is 11.5 Å². The smallest absolute Gasteiger partial charge is 0.207 e. The molecule has 0 aliphatic rings. The van der Waals surface area contributed by atoms with Crippen molar-refractivity contribution in [1.29, 1.82) is 0 Å². The molecule has 0 saturated heterocycles. The van der Waals surface area contributed by atoms with Crippen LogP contribution >= 0.6 is 27.3 Å². The van der Waals surface area contributed by atoms with Gasteiger partial charge in [-0.15, -0.1) is 11.3 Å². The number of ether oxygens (including phenoxy) is 1. The zero-order chi connectivity index (χ0) is 20.7. The van der Waals surface area contributed by atoms with Gasteiger partial charge >= 0.3 is 0 Å². The van der Waals surface area contributed by atoms with Gasteiger partial charge in [0.15, 0.2) is 5.75 Å². The molecule has 0 amide bonds. The van der Waals surface area contributed by atoms with E-state index < -0.39 is 0 Å². The summed E-state index contributed by atoms with van der Waals surface area (Å²) in [4.78, 5) is 14.0. The number of thiophene rings is 1. The summed E-state index contributed by atoms with van der Waals surface area (Å²) < 4.78 is 21.9. The predicted octanol–water partition coefficient (Wildman–Crippen LogP) is 7.75. The first-order valence-electron chi connectivity index (χ1n) is 9.11. The Kier molecular flexibility index (Phi) is 5.28. The summed E-state index contributed by atoms with van der Waals surface area (Å²) in [6, 6.07) is 16.3. The molecular formula is C24H18BrFO2S. The van der Waals surface area contributed by atoms with Gasteiger partial charge in [-0.25, -0.2) is 4.39 Å². The first-order valence-corrected chi connectivity index (χ1v) is 10.7. The Morgan fingerprint density at radius 2 is 1.62 bits per heavy atom. The number of rotatable bonds is 4. The normalized spacial score (nSPS) is 11.1. The van der Waals surface area contributed by atoms with Crippen LogP contribution in [0.15, 0.2) is 59.1 Å². The molecule has 3 aromatic carbocycles. The first-order chi connectivity index (χ1) is 13.8. The highest BCUT2D eigenvalue weighted by atomic mass is 79.9. The van der Waals surface area contributed by atoms with Gasteiger partial charge in [-0.2, -0.15) is 0 Å². The lowest BCUT2D eigenvalue weighted by Crippen LogP contribution is -2.06. The van der Waals surface area contributed by atoms with Crippen LogP contribution < -0.4 is 4.74 Å². The number of carbonyl (C=O) groups is 1. The Bertz CT molecular complexity index is 1220. The molecule has 1 heterocycles. The highest BCUT2D eigenvalue weighted by molar-refractivity contribution is 9.10. The molecule has 2 nitrogen and oxygen atoms in total. The van der Waals surface area contributed by atoms with Crippen molar-refractivity contribution >= 4 is 43.1 Å². The second-order valence-electron chi connectivity index (χ2n) is 7.06. The van der Waals surface area contributed by atoms with Crippen LogP contribution in [-0.4, -0.2) is 5.78 Å². The highest BCUT2D eigenvalue weighted by Crippen LogP contribution is 2.42. The van der Waals surface area contributed by atoms with E-state index in [2.05, 4.69) is 22.0 Å². The second kappa shape index (κ2) is 7.73. The Morgan fingerprint density at radius 1 is 0.966 bits per heavy atom. The summed E-state index contributed by atoms with van der Waals surface area (Å²) in [5.41, 5.74) is 2.88.